The van der Waals surface area contributed by atoms with Crippen LogP contribution < -0.4 is 10.6 Å². The van der Waals surface area contributed by atoms with E-state index in [1.807, 2.05) is 0 Å². The van der Waals surface area contributed by atoms with Gasteiger partial charge in [0.1, 0.15) is 17.3 Å². The molecule has 1 aromatic carbocycles. The highest BCUT2D eigenvalue weighted by Crippen LogP contribution is 2.42. The third-order valence-corrected chi connectivity index (χ3v) is 9.72. The van der Waals surface area contributed by atoms with Crippen molar-refractivity contribution < 1.29 is 30.8 Å². The zero-order valence-corrected chi connectivity index (χ0v) is 26.3. The molecule has 246 valence electrons. The summed E-state index contributed by atoms with van der Waals surface area (Å²) >= 11 is 0. The highest BCUT2D eigenvalue weighted by Gasteiger charge is 2.36. The van der Waals surface area contributed by atoms with Crippen molar-refractivity contribution in [2.75, 3.05) is 30.8 Å². The van der Waals surface area contributed by atoms with E-state index in [1.165, 1.54) is 24.4 Å². The first-order valence-corrected chi connectivity index (χ1v) is 16.8. The summed E-state index contributed by atoms with van der Waals surface area (Å²) in [5.74, 6) is -1.53. The number of pyridine rings is 2. The van der Waals surface area contributed by atoms with Crippen molar-refractivity contribution in [1.82, 2.24) is 24.4 Å². The monoisotopic (exact) mass is 670 g/mol. The third-order valence-electron chi connectivity index (χ3n) is 8.72. The van der Waals surface area contributed by atoms with Crippen LogP contribution in [-0.4, -0.2) is 70.7 Å². The second-order valence-corrected chi connectivity index (χ2v) is 13.7. The van der Waals surface area contributed by atoms with Crippen LogP contribution in [0.2, 0.25) is 0 Å². The summed E-state index contributed by atoms with van der Waals surface area (Å²) < 4.78 is 85.4. The van der Waals surface area contributed by atoms with Gasteiger partial charge in [-0.25, -0.2) is 32.1 Å². The van der Waals surface area contributed by atoms with Gasteiger partial charge in [0, 0.05) is 43.7 Å². The van der Waals surface area contributed by atoms with Gasteiger partial charge in [-0.3, -0.25) is 4.79 Å². The lowest BCUT2D eigenvalue weighted by Gasteiger charge is -2.40. The number of amides is 1. The molecule has 0 N–H and O–H groups in total. The van der Waals surface area contributed by atoms with Crippen LogP contribution in [0, 0.1) is 5.82 Å². The highest BCUT2D eigenvalue weighted by molar-refractivity contribution is 7.90. The SMILES string of the molecule is C=CC(=O)N1CCN(c2nc(=O)n(-c3c(C4CCC4)ccnc3S(C)(=O)=O)c3nc(-c4ccccc4C(F)(F)F)c(F)cc23)[C@@H](C)C1. The Bertz CT molecular complexity index is 2100. The molecular weight excluding hydrogens is 640 g/mol. The number of benzene rings is 1. The van der Waals surface area contributed by atoms with Crippen LogP contribution in [0.1, 0.15) is 43.2 Å². The van der Waals surface area contributed by atoms with Crippen LogP contribution >= 0.6 is 0 Å². The molecule has 2 fully saturated rings. The summed E-state index contributed by atoms with van der Waals surface area (Å²) in [5.41, 5.74) is -3.27. The molecule has 0 bridgehead atoms. The van der Waals surface area contributed by atoms with Crippen LogP contribution in [0.5, 0.6) is 0 Å². The maximum absolute atomic E-state index is 16.1. The molecule has 3 aromatic heterocycles. The molecule has 4 heterocycles. The lowest BCUT2D eigenvalue weighted by Crippen LogP contribution is -2.54. The normalized spacial score (nSPS) is 17.5. The van der Waals surface area contributed by atoms with Gasteiger partial charge in [0.25, 0.3) is 0 Å². The molecule has 1 amide bonds. The van der Waals surface area contributed by atoms with E-state index >= 15 is 4.39 Å². The first-order chi connectivity index (χ1) is 22.2. The molecule has 1 saturated carbocycles. The molecule has 0 unspecified atom stereocenters. The molecule has 0 spiro atoms. The Balaban J connectivity index is 1.69. The number of halogens is 4. The predicted octanol–water partition coefficient (Wildman–Crippen LogP) is 4.89. The van der Waals surface area contributed by atoms with E-state index in [2.05, 4.69) is 21.5 Å². The van der Waals surface area contributed by atoms with Crippen LogP contribution in [0.3, 0.4) is 0 Å². The summed E-state index contributed by atoms with van der Waals surface area (Å²) in [6, 6.07) is 6.49. The first-order valence-electron chi connectivity index (χ1n) is 14.9. The zero-order chi connectivity index (χ0) is 33.8. The molecule has 2 aliphatic rings. The van der Waals surface area contributed by atoms with Gasteiger partial charge in [-0.2, -0.15) is 18.2 Å². The highest BCUT2D eigenvalue weighted by atomic mass is 32.2. The Morgan fingerprint density at radius 3 is 2.45 bits per heavy atom. The largest absolute Gasteiger partial charge is 0.417 e. The Morgan fingerprint density at radius 1 is 1.11 bits per heavy atom. The van der Waals surface area contributed by atoms with Gasteiger partial charge in [0.2, 0.25) is 5.91 Å². The summed E-state index contributed by atoms with van der Waals surface area (Å²) in [4.78, 5) is 42.5. The number of anilines is 1. The molecule has 10 nitrogen and oxygen atoms in total. The molecule has 1 atom stereocenters. The molecule has 0 radical (unpaired) electrons. The van der Waals surface area contributed by atoms with E-state index in [-0.39, 0.29) is 54.0 Å². The van der Waals surface area contributed by atoms with Gasteiger partial charge in [0.15, 0.2) is 20.5 Å². The average molecular weight is 671 g/mol. The number of aromatic nitrogens is 4. The number of alkyl halides is 3. The van der Waals surface area contributed by atoms with Crippen molar-refractivity contribution in [2.24, 2.45) is 0 Å². The number of sulfone groups is 1. The standard InChI is InChI=1S/C32H30F4N6O4S/c1-4-25(43)40-14-15-41(18(2)17-40)28-22-16-24(33)26(21-10-5-6-11-23(21)32(34,35)36)38-29(22)42(31(44)39-28)27-20(19-8-7-9-19)12-13-37-30(27)47(3,45)46/h4-6,10-13,16,18-19H,1,7-9,14-15,17H2,2-3H3/t18-/m0/s1. The van der Waals surface area contributed by atoms with E-state index in [0.717, 1.165) is 35.4 Å². The number of carbonyl (C=O) groups excluding carboxylic acids is 1. The Hall–Kier alpha value is -4.66. The lowest BCUT2D eigenvalue weighted by atomic mass is 9.79. The molecule has 1 aliphatic heterocycles. The predicted molar refractivity (Wildman–Crippen MR) is 167 cm³/mol. The number of piperazine rings is 1. The van der Waals surface area contributed by atoms with E-state index in [0.29, 0.717) is 18.4 Å². The number of fused-ring (bicyclic) bond motifs is 1. The van der Waals surface area contributed by atoms with E-state index < -0.39 is 55.4 Å². The number of nitrogens with zero attached hydrogens (tertiary/aromatic N) is 6. The Kier molecular flexibility index (Phi) is 8.14. The molecule has 6 rings (SSSR count). The molecular formula is C32H30F4N6O4S. The van der Waals surface area contributed by atoms with Crippen molar-refractivity contribution in [2.45, 2.75) is 49.3 Å². The van der Waals surface area contributed by atoms with Crippen LogP contribution in [0.15, 0.2) is 65.1 Å². The van der Waals surface area contributed by atoms with E-state index in [4.69, 9.17) is 0 Å². The minimum absolute atomic E-state index is 0.00324. The van der Waals surface area contributed by atoms with Crippen molar-refractivity contribution in [1.29, 1.82) is 0 Å². The van der Waals surface area contributed by atoms with Crippen molar-refractivity contribution in [3.63, 3.8) is 0 Å². The van der Waals surface area contributed by atoms with Crippen molar-refractivity contribution >= 4 is 32.6 Å². The molecule has 47 heavy (non-hydrogen) atoms. The van der Waals surface area contributed by atoms with Gasteiger partial charge >= 0.3 is 11.9 Å². The summed E-state index contributed by atoms with van der Waals surface area (Å²) in [5, 5.41) is -0.471. The fourth-order valence-corrected chi connectivity index (χ4v) is 7.06. The average Bonchev–Trinajstić information content (AvgIpc) is 2.99. The minimum Gasteiger partial charge on any atom is -0.350 e. The molecule has 4 aromatic rings. The minimum atomic E-state index is -4.86. The van der Waals surface area contributed by atoms with Crippen LogP contribution in [0.25, 0.3) is 28.0 Å². The Labute approximate surface area is 267 Å². The maximum atomic E-state index is 16.1. The summed E-state index contributed by atoms with van der Waals surface area (Å²) in [7, 11) is -4.07. The van der Waals surface area contributed by atoms with E-state index in [9.17, 15) is 31.2 Å². The molecule has 1 aliphatic carbocycles. The third kappa shape index (κ3) is 5.77. The van der Waals surface area contributed by atoms with E-state index in [1.54, 1.807) is 22.8 Å². The maximum Gasteiger partial charge on any atom is 0.417 e. The van der Waals surface area contributed by atoms with Gasteiger partial charge < -0.3 is 9.80 Å². The summed E-state index contributed by atoms with van der Waals surface area (Å²) in [6.45, 7) is 5.92. The number of hydrogen-bond acceptors (Lipinski definition) is 8. The second-order valence-electron chi connectivity index (χ2n) is 11.8. The number of rotatable bonds is 6. The van der Waals surface area contributed by atoms with Crippen LogP contribution in [-0.2, 0) is 20.8 Å². The summed E-state index contributed by atoms with van der Waals surface area (Å²) in [6.07, 6.45) is 0.864. The number of carbonyl (C=O) groups is 1. The fraction of sp³-hybridized carbons (Fsp3) is 0.344. The van der Waals surface area contributed by atoms with Gasteiger partial charge in [-0.15, -0.1) is 0 Å². The molecule has 1 saturated heterocycles. The van der Waals surface area contributed by atoms with Gasteiger partial charge in [-0.05, 0) is 55.5 Å². The lowest BCUT2D eigenvalue weighted by molar-refractivity contribution is -0.137. The number of hydrogen-bond donors (Lipinski definition) is 0. The van der Waals surface area contributed by atoms with Crippen LogP contribution in [0.4, 0.5) is 23.4 Å². The quantitative estimate of drug-likeness (QED) is 0.210. The Morgan fingerprint density at radius 2 is 1.83 bits per heavy atom. The topological polar surface area (TPSA) is 118 Å². The first kappa shape index (κ1) is 32.3. The van der Waals surface area contributed by atoms with Crippen molar-refractivity contribution in [3.8, 4) is 16.9 Å². The van der Waals surface area contributed by atoms with Gasteiger partial charge in [-0.1, -0.05) is 31.2 Å². The zero-order valence-electron chi connectivity index (χ0n) is 25.5. The van der Waals surface area contributed by atoms with Crippen molar-refractivity contribution in [3.05, 3.63) is 82.7 Å². The smallest absolute Gasteiger partial charge is 0.350 e. The van der Waals surface area contributed by atoms with Gasteiger partial charge in [0.05, 0.1) is 16.6 Å². The fourth-order valence-electron chi connectivity index (χ4n) is 6.25. The molecule has 15 heteroatoms. The second kappa shape index (κ2) is 11.9.